The van der Waals surface area contributed by atoms with Crippen LogP contribution >= 0.6 is 12.2 Å². The van der Waals surface area contributed by atoms with Gasteiger partial charge in [0.25, 0.3) is 0 Å². The van der Waals surface area contributed by atoms with E-state index in [0.29, 0.717) is 17.0 Å². The number of benzene rings is 1. The summed E-state index contributed by atoms with van der Waals surface area (Å²) in [6, 6.07) is 7.10. The standard InChI is InChI=1S/C11H13N3OS/c1-7(2)15-10-4-3-8(6-12)5-9(10)14-11(13)16/h3-5,7H,1-2H3,(H3,13,14,16). The first-order chi connectivity index (χ1) is 7.52. The average molecular weight is 235 g/mol. The Morgan fingerprint density at radius 3 is 2.75 bits per heavy atom. The van der Waals surface area contributed by atoms with Crippen molar-refractivity contribution in [2.45, 2.75) is 20.0 Å². The van der Waals surface area contributed by atoms with Crippen LogP contribution in [0.4, 0.5) is 5.69 Å². The van der Waals surface area contributed by atoms with E-state index in [4.69, 9.17) is 28.0 Å². The van der Waals surface area contributed by atoms with E-state index in [2.05, 4.69) is 5.32 Å². The minimum Gasteiger partial charge on any atom is -0.489 e. The maximum absolute atomic E-state index is 8.79. The van der Waals surface area contributed by atoms with E-state index in [9.17, 15) is 0 Å². The van der Waals surface area contributed by atoms with Crippen molar-refractivity contribution >= 4 is 23.0 Å². The first-order valence-electron chi connectivity index (χ1n) is 4.80. The lowest BCUT2D eigenvalue weighted by atomic mass is 10.2. The van der Waals surface area contributed by atoms with Gasteiger partial charge in [0.05, 0.1) is 23.4 Å². The summed E-state index contributed by atoms with van der Waals surface area (Å²) in [5, 5.41) is 11.7. The minimum atomic E-state index is 0.0415. The van der Waals surface area contributed by atoms with E-state index in [0.717, 1.165) is 0 Å². The predicted octanol–water partition coefficient (Wildman–Crippen LogP) is 2.00. The number of nitrogens with two attached hydrogens (primary N) is 1. The molecule has 4 nitrogen and oxygen atoms in total. The van der Waals surface area contributed by atoms with Crippen LogP contribution in [-0.2, 0) is 0 Å². The molecule has 0 fully saturated rings. The van der Waals surface area contributed by atoms with Crippen molar-refractivity contribution < 1.29 is 4.74 Å². The molecule has 0 atom stereocenters. The molecule has 0 bridgehead atoms. The summed E-state index contributed by atoms with van der Waals surface area (Å²) < 4.78 is 5.56. The van der Waals surface area contributed by atoms with Crippen LogP contribution in [0.2, 0.25) is 0 Å². The van der Waals surface area contributed by atoms with Gasteiger partial charge in [-0.2, -0.15) is 5.26 Å². The van der Waals surface area contributed by atoms with E-state index < -0.39 is 0 Å². The third-order valence-corrected chi connectivity index (χ3v) is 1.83. The van der Waals surface area contributed by atoms with Crippen LogP contribution in [-0.4, -0.2) is 11.2 Å². The normalized spacial score (nSPS) is 9.62. The molecule has 0 aliphatic heterocycles. The van der Waals surface area contributed by atoms with Gasteiger partial charge in [0, 0.05) is 0 Å². The Balaban J connectivity index is 3.06. The lowest BCUT2D eigenvalue weighted by Gasteiger charge is -2.15. The number of nitrogens with one attached hydrogen (secondary N) is 1. The monoisotopic (exact) mass is 235 g/mol. The summed E-state index contributed by atoms with van der Waals surface area (Å²) in [5.41, 5.74) is 6.53. The second-order valence-electron chi connectivity index (χ2n) is 3.48. The Hall–Kier alpha value is -1.80. The van der Waals surface area contributed by atoms with Gasteiger partial charge in [0.2, 0.25) is 0 Å². The molecule has 0 amide bonds. The smallest absolute Gasteiger partial charge is 0.168 e. The Morgan fingerprint density at radius 2 is 2.25 bits per heavy atom. The molecule has 0 aliphatic rings. The maximum atomic E-state index is 8.79. The van der Waals surface area contributed by atoms with Crippen LogP contribution in [0.3, 0.4) is 0 Å². The van der Waals surface area contributed by atoms with E-state index in [-0.39, 0.29) is 11.2 Å². The molecule has 5 heteroatoms. The summed E-state index contributed by atoms with van der Waals surface area (Å²) >= 11 is 4.76. The molecule has 0 unspecified atom stereocenters. The molecule has 0 aliphatic carbocycles. The van der Waals surface area contributed by atoms with Gasteiger partial charge in [-0.3, -0.25) is 0 Å². The third kappa shape index (κ3) is 3.41. The first-order valence-corrected chi connectivity index (χ1v) is 5.21. The van der Waals surface area contributed by atoms with Gasteiger partial charge in [0.15, 0.2) is 5.11 Å². The number of ether oxygens (including phenoxy) is 1. The lowest BCUT2D eigenvalue weighted by Crippen LogP contribution is -2.20. The van der Waals surface area contributed by atoms with E-state index in [1.54, 1.807) is 18.2 Å². The fourth-order valence-corrected chi connectivity index (χ4v) is 1.30. The van der Waals surface area contributed by atoms with Crippen molar-refractivity contribution in [2.75, 3.05) is 5.32 Å². The van der Waals surface area contributed by atoms with Crippen LogP contribution < -0.4 is 15.8 Å². The summed E-state index contributed by atoms with van der Waals surface area (Å²) in [7, 11) is 0. The third-order valence-electron chi connectivity index (χ3n) is 1.73. The van der Waals surface area contributed by atoms with E-state index in [1.807, 2.05) is 19.9 Å². The second-order valence-corrected chi connectivity index (χ2v) is 3.92. The number of nitrogens with zero attached hydrogens (tertiary/aromatic N) is 1. The van der Waals surface area contributed by atoms with Gasteiger partial charge in [-0.1, -0.05) is 0 Å². The van der Waals surface area contributed by atoms with Crippen LogP contribution in [0.15, 0.2) is 18.2 Å². The highest BCUT2D eigenvalue weighted by Crippen LogP contribution is 2.26. The number of hydrogen-bond donors (Lipinski definition) is 2. The van der Waals surface area contributed by atoms with Crippen LogP contribution in [0.25, 0.3) is 0 Å². The number of anilines is 1. The van der Waals surface area contributed by atoms with Gasteiger partial charge in [-0.25, -0.2) is 0 Å². The van der Waals surface area contributed by atoms with E-state index in [1.165, 1.54) is 0 Å². The van der Waals surface area contributed by atoms with Gasteiger partial charge in [0.1, 0.15) is 5.75 Å². The fraction of sp³-hybridized carbons (Fsp3) is 0.273. The molecule has 1 aromatic carbocycles. The highest BCUT2D eigenvalue weighted by molar-refractivity contribution is 7.80. The molecule has 3 N–H and O–H groups in total. The van der Waals surface area contributed by atoms with Gasteiger partial charge >= 0.3 is 0 Å². The van der Waals surface area contributed by atoms with Crippen molar-refractivity contribution in [3.63, 3.8) is 0 Å². The Bertz CT molecular complexity index is 437. The van der Waals surface area contributed by atoms with Crippen molar-refractivity contribution in [3.8, 4) is 11.8 Å². The highest BCUT2D eigenvalue weighted by atomic mass is 32.1. The predicted molar refractivity (Wildman–Crippen MR) is 67.3 cm³/mol. The molecule has 0 radical (unpaired) electrons. The summed E-state index contributed by atoms with van der Waals surface area (Å²) in [5.74, 6) is 0.627. The number of thiocarbonyl (C=S) groups is 1. The molecule has 0 saturated carbocycles. The summed E-state index contributed by atoms with van der Waals surface area (Å²) in [6.45, 7) is 3.84. The Labute approximate surface area is 100 Å². The van der Waals surface area contributed by atoms with Crippen LogP contribution in [0.1, 0.15) is 19.4 Å². The number of hydrogen-bond acceptors (Lipinski definition) is 3. The molecule has 84 valence electrons. The van der Waals surface area contributed by atoms with Crippen molar-refractivity contribution in [3.05, 3.63) is 23.8 Å². The lowest BCUT2D eigenvalue weighted by molar-refractivity contribution is 0.244. The molecular weight excluding hydrogens is 222 g/mol. The zero-order valence-electron chi connectivity index (χ0n) is 9.15. The maximum Gasteiger partial charge on any atom is 0.168 e. The van der Waals surface area contributed by atoms with E-state index >= 15 is 0 Å². The van der Waals surface area contributed by atoms with Crippen LogP contribution in [0, 0.1) is 11.3 Å². The molecule has 0 heterocycles. The number of rotatable bonds is 3. The van der Waals surface area contributed by atoms with Crippen molar-refractivity contribution in [1.29, 1.82) is 5.26 Å². The number of nitriles is 1. The highest BCUT2D eigenvalue weighted by Gasteiger charge is 2.07. The Kier molecular flexibility index (Phi) is 4.09. The fourth-order valence-electron chi connectivity index (χ4n) is 1.19. The van der Waals surface area contributed by atoms with Crippen molar-refractivity contribution in [2.24, 2.45) is 5.73 Å². The SMILES string of the molecule is CC(C)Oc1ccc(C#N)cc1NC(N)=S. The zero-order valence-corrected chi connectivity index (χ0v) is 9.97. The topological polar surface area (TPSA) is 71.1 Å². The molecule has 1 rings (SSSR count). The molecule has 0 spiro atoms. The minimum absolute atomic E-state index is 0.0415. The quantitative estimate of drug-likeness (QED) is 0.784. The Morgan fingerprint density at radius 1 is 1.56 bits per heavy atom. The average Bonchev–Trinajstić information content (AvgIpc) is 2.19. The largest absolute Gasteiger partial charge is 0.489 e. The molecule has 16 heavy (non-hydrogen) atoms. The molecule has 0 saturated heterocycles. The summed E-state index contributed by atoms with van der Waals surface area (Å²) in [6.07, 6.45) is 0.0415. The zero-order chi connectivity index (χ0) is 12.1. The van der Waals surface area contributed by atoms with Gasteiger partial charge < -0.3 is 15.8 Å². The summed E-state index contributed by atoms with van der Waals surface area (Å²) in [4.78, 5) is 0. The molecular formula is C11H13N3OS. The van der Waals surface area contributed by atoms with Gasteiger partial charge in [-0.15, -0.1) is 0 Å². The first kappa shape index (κ1) is 12.3. The second kappa shape index (κ2) is 5.33. The molecule has 1 aromatic rings. The molecule has 0 aromatic heterocycles. The van der Waals surface area contributed by atoms with Crippen molar-refractivity contribution in [1.82, 2.24) is 0 Å². The van der Waals surface area contributed by atoms with Crippen LogP contribution in [0.5, 0.6) is 5.75 Å². The van der Waals surface area contributed by atoms with Gasteiger partial charge in [-0.05, 0) is 44.3 Å².